The number of pyridine rings is 1. The van der Waals surface area contributed by atoms with Crippen molar-refractivity contribution in [2.24, 2.45) is 0 Å². The molecule has 0 bridgehead atoms. The highest BCUT2D eigenvalue weighted by molar-refractivity contribution is 7.18. The lowest BCUT2D eigenvalue weighted by molar-refractivity contribution is -0.149. The molecule has 188 valence electrons. The number of hydrogen-bond donors (Lipinski definition) is 3. The van der Waals surface area contributed by atoms with Gasteiger partial charge in [0.05, 0.1) is 21.4 Å². The van der Waals surface area contributed by atoms with Gasteiger partial charge in [-0.2, -0.15) is 0 Å². The number of nitrogens with zero attached hydrogens (tertiary/aromatic N) is 1. The Morgan fingerprint density at radius 1 is 1.03 bits per heavy atom. The lowest BCUT2D eigenvalue weighted by Gasteiger charge is -2.21. The fourth-order valence-electron chi connectivity index (χ4n) is 3.83. The zero-order chi connectivity index (χ0) is 25.5. The summed E-state index contributed by atoms with van der Waals surface area (Å²) in [6.45, 7) is -0.268. The van der Waals surface area contributed by atoms with Crippen molar-refractivity contribution in [1.29, 1.82) is 0 Å². The van der Waals surface area contributed by atoms with E-state index in [1.54, 1.807) is 42.7 Å². The summed E-state index contributed by atoms with van der Waals surface area (Å²) < 4.78 is 5.47. The molecule has 0 unspecified atom stereocenters. The predicted molar refractivity (Wildman–Crippen MR) is 142 cm³/mol. The number of anilines is 2. The monoisotopic (exact) mass is 546 g/mol. The molecule has 1 fully saturated rings. The number of para-hydroxylation sites is 1. The third kappa shape index (κ3) is 6.75. The molecule has 1 aliphatic carbocycles. The molecule has 3 aromatic rings. The van der Waals surface area contributed by atoms with Crippen LogP contribution in [0.15, 0.2) is 48.8 Å². The molecular formula is C25H24Cl2N4O4S. The lowest BCUT2D eigenvalue weighted by atomic mass is 9.98. The minimum Gasteiger partial charge on any atom is -0.461 e. The van der Waals surface area contributed by atoms with Crippen molar-refractivity contribution in [3.63, 3.8) is 0 Å². The average molecular weight is 547 g/mol. The smallest absolute Gasteiger partial charge is 0.325 e. The molecule has 3 amide bonds. The van der Waals surface area contributed by atoms with Crippen LogP contribution in [0.4, 0.5) is 16.2 Å². The number of benzene rings is 1. The predicted octanol–water partition coefficient (Wildman–Crippen LogP) is 6.37. The maximum absolute atomic E-state index is 13.0. The molecule has 0 aliphatic heterocycles. The van der Waals surface area contributed by atoms with Gasteiger partial charge in [-0.25, -0.2) is 4.79 Å². The minimum atomic E-state index is -0.633. The van der Waals surface area contributed by atoms with E-state index in [9.17, 15) is 14.4 Å². The van der Waals surface area contributed by atoms with Gasteiger partial charge >= 0.3 is 12.0 Å². The van der Waals surface area contributed by atoms with Gasteiger partial charge in [-0.3, -0.25) is 14.6 Å². The Bertz CT molecular complexity index is 1230. The van der Waals surface area contributed by atoms with Crippen molar-refractivity contribution in [2.45, 2.75) is 38.2 Å². The van der Waals surface area contributed by atoms with Crippen LogP contribution in [-0.4, -0.2) is 35.5 Å². The van der Waals surface area contributed by atoms with Crippen LogP contribution in [-0.2, 0) is 9.53 Å². The van der Waals surface area contributed by atoms with Crippen LogP contribution in [0, 0.1) is 0 Å². The largest absolute Gasteiger partial charge is 0.461 e. The van der Waals surface area contributed by atoms with Gasteiger partial charge < -0.3 is 20.7 Å². The van der Waals surface area contributed by atoms with Gasteiger partial charge in [-0.15, -0.1) is 11.3 Å². The summed E-state index contributed by atoms with van der Waals surface area (Å²) in [5, 5.41) is 8.44. The number of rotatable bonds is 7. The van der Waals surface area contributed by atoms with E-state index in [2.05, 4.69) is 20.9 Å². The second kappa shape index (κ2) is 12.2. The van der Waals surface area contributed by atoms with E-state index in [1.807, 2.05) is 6.07 Å². The fourth-order valence-corrected chi connectivity index (χ4v) is 5.34. The Morgan fingerprint density at radius 2 is 1.78 bits per heavy atom. The van der Waals surface area contributed by atoms with Gasteiger partial charge in [-0.1, -0.05) is 41.8 Å². The van der Waals surface area contributed by atoms with Gasteiger partial charge in [0.25, 0.3) is 5.91 Å². The number of urea groups is 1. The molecule has 4 rings (SSSR count). The molecule has 0 atom stereocenters. The molecule has 1 saturated carbocycles. The van der Waals surface area contributed by atoms with Crippen molar-refractivity contribution in [3.8, 4) is 10.4 Å². The highest BCUT2D eigenvalue weighted by atomic mass is 35.5. The molecule has 1 aliphatic rings. The van der Waals surface area contributed by atoms with Crippen molar-refractivity contribution in [1.82, 2.24) is 10.3 Å². The molecule has 0 saturated heterocycles. The molecule has 36 heavy (non-hydrogen) atoms. The first-order valence-corrected chi connectivity index (χ1v) is 13.0. The number of carbonyl (C=O) groups excluding carboxylic acids is 3. The molecule has 2 heterocycles. The Morgan fingerprint density at radius 3 is 2.47 bits per heavy atom. The number of carbonyl (C=O) groups is 3. The van der Waals surface area contributed by atoms with E-state index in [-0.39, 0.29) is 38.9 Å². The maximum atomic E-state index is 13.0. The molecule has 11 heteroatoms. The molecule has 1 aromatic carbocycles. The minimum absolute atomic E-state index is 0.0976. The topological polar surface area (TPSA) is 109 Å². The van der Waals surface area contributed by atoms with Crippen molar-refractivity contribution in [3.05, 3.63) is 63.7 Å². The highest BCUT2D eigenvalue weighted by Gasteiger charge is 2.22. The van der Waals surface area contributed by atoms with Crippen molar-refractivity contribution in [2.75, 3.05) is 17.2 Å². The van der Waals surface area contributed by atoms with Crippen LogP contribution in [0.2, 0.25) is 10.0 Å². The van der Waals surface area contributed by atoms with E-state index >= 15 is 0 Å². The third-order valence-corrected chi connectivity index (χ3v) is 7.39. The Balaban J connectivity index is 1.48. The van der Waals surface area contributed by atoms with E-state index in [0.29, 0.717) is 4.88 Å². The fraction of sp³-hybridized carbons (Fsp3) is 0.280. The number of ether oxygens (including phenoxy) is 1. The van der Waals surface area contributed by atoms with Gasteiger partial charge in [0, 0.05) is 22.8 Å². The SMILES string of the molecule is O=C(Nc1cc(-c2cccnc2)sc1C(=O)NCC(=O)OC1CCCCC1)Nc1c(Cl)cccc1Cl. The first-order chi connectivity index (χ1) is 17.4. The Hall–Kier alpha value is -3.14. The summed E-state index contributed by atoms with van der Waals surface area (Å²) in [5.74, 6) is -0.998. The number of thiophene rings is 1. The number of nitrogens with one attached hydrogen (secondary N) is 3. The van der Waals surface area contributed by atoms with Gasteiger partial charge in [-0.05, 0) is 49.9 Å². The van der Waals surface area contributed by atoms with Gasteiger partial charge in [0.1, 0.15) is 17.5 Å². The van der Waals surface area contributed by atoms with Crippen LogP contribution in [0.3, 0.4) is 0 Å². The zero-order valence-corrected chi connectivity index (χ0v) is 21.5. The average Bonchev–Trinajstić information content (AvgIpc) is 3.30. The maximum Gasteiger partial charge on any atom is 0.325 e. The summed E-state index contributed by atoms with van der Waals surface area (Å²) in [6.07, 6.45) is 8.11. The molecule has 3 N–H and O–H groups in total. The van der Waals surface area contributed by atoms with Crippen LogP contribution >= 0.6 is 34.5 Å². The third-order valence-electron chi connectivity index (χ3n) is 5.58. The Kier molecular flexibility index (Phi) is 8.79. The second-order valence-electron chi connectivity index (χ2n) is 8.20. The molecule has 0 radical (unpaired) electrons. The summed E-state index contributed by atoms with van der Waals surface area (Å²) in [7, 11) is 0. The number of aromatic nitrogens is 1. The van der Waals surface area contributed by atoms with Gasteiger partial charge in [0.2, 0.25) is 0 Å². The molecular weight excluding hydrogens is 523 g/mol. The first kappa shape index (κ1) is 25.9. The van der Waals surface area contributed by atoms with Gasteiger partial charge in [0.15, 0.2) is 0 Å². The summed E-state index contributed by atoms with van der Waals surface area (Å²) in [6, 6.07) is 9.51. The van der Waals surface area contributed by atoms with Crippen LogP contribution in [0.1, 0.15) is 41.8 Å². The molecule has 0 spiro atoms. The second-order valence-corrected chi connectivity index (χ2v) is 10.1. The van der Waals surface area contributed by atoms with E-state index in [0.717, 1.165) is 49.0 Å². The summed E-state index contributed by atoms with van der Waals surface area (Å²) >= 11 is 13.5. The van der Waals surface area contributed by atoms with E-state index < -0.39 is 17.9 Å². The molecule has 2 aromatic heterocycles. The van der Waals surface area contributed by atoms with Crippen LogP contribution in [0.25, 0.3) is 10.4 Å². The number of esters is 1. The van der Waals surface area contributed by atoms with Crippen LogP contribution in [0.5, 0.6) is 0 Å². The van der Waals surface area contributed by atoms with E-state index in [1.165, 1.54) is 0 Å². The summed E-state index contributed by atoms with van der Waals surface area (Å²) in [4.78, 5) is 43.1. The quantitative estimate of drug-likeness (QED) is 0.298. The summed E-state index contributed by atoms with van der Waals surface area (Å²) in [5.41, 5.74) is 1.28. The number of hydrogen-bond acceptors (Lipinski definition) is 6. The van der Waals surface area contributed by atoms with Crippen molar-refractivity contribution < 1.29 is 19.1 Å². The Labute approximate surface area is 222 Å². The standard InChI is InChI=1S/C25H24Cl2N4O4S/c26-17-9-4-10-18(27)22(17)31-25(34)30-19-12-20(15-6-5-11-28-13-15)36-23(19)24(33)29-14-21(32)35-16-7-2-1-3-8-16/h4-6,9-13,16H,1-3,7-8,14H2,(H,29,33)(H2,30,31,34). The highest BCUT2D eigenvalue weighted by Crippen LogP contribution is 2.35. The van der Waals surface area contributed by atoms with E-state index in [4.69, 9.17) is 27.9 Å². The molecule has 8 nitrogen and oxygen atoms in total. The lowest BCUT2D eigenvalue weighted by Crippen LogP contribution is -2.33. The normalized spacial score (nSPS) is 13.6. The van der Waals surface area contributed by atoms with Crippen LogP contribution < -0.4 is 16.0 Å². The first-order valence-electron chi connectivity index (χ1n) is 11.4. The number of halogens is 2. The number of amides is 3. The van der Waals surface area contributed by atoms with Crippen molar-refractivity contribution >= 4 is 63.8 Å². The zero-order valence-electron chi connectivity index (χ0n) is 19.2.